The fourth-order valence-electron chi connectivity index (χ4n) is 4.20. The van der Waals surface area contributed by atoms with Crippen molar-refractivity contribution in [1.82, 2.24) is 4.90 Å². The molecule has 0 aliphatic carbocycles. The lowest BCUT2D eigenvalue weighted by Crippen LogP contribution is -2.30. The van der Waals surface area contributed by atoms with Crippen LogP contribution in [-0.2, 0) is 4.79 Å². The van der Waals surface area contributed by atoms with Crippen molar-refractivity contribution in [3.63, 3.8) is 0 Å². The number of halogens is 2. The number of carboxylic acid groups (broad SMARTS) is 1. The average Bonchev–Trinajstić information content (AvgIpc) is 3.71. The molecule has 44 heavy (non-hydrogen) atoms. The fourth-order valence-corrected chi connectivity index (χ4v) is 4.67. The minimum Gasteiger partial charge on any atom is -0.475 e. The second-order valence-corrected chi connectivity index (χ2v) is 10.4. The van der Waals surface area contributed by atoms with Gasteiger partial charge in [-0.3, -0.25) is 14.5 Å². The number of amides is 2. The lowest BCUT2D eigenvalue weighted by atomic mass is 10.2. The van der Waals surface area contributed by atoms with E-state index < -0.39 is 17.7 Å². The molecule has 228 valence electrons. The summed E-state index contributed by atoms with van der Waals surface area (Å²) in [6.45, 7) is 2.24. The normalized spacial score (nSPS) is 12.4. The van der Waals surface area contributed by atoms with Crippen LogP contribution in [0.4, 0.5) is 27.1 Å². The van der Waals surface area contributed by atoms with Crippen molar-refractivity contribution < 1.29 is 28.3 Å². The fraction of sp³-hybridized carbons (Fsp3) is 0.161. The summed E-state index contributed by atoms with van der Waals surface area (Å²) in [6.07, 6.45) is 3.57. The number of furan rings is 1. The van der Waals surface area contributed by atoms with Crippen molar-refractivity contribution in [1.29, 1.82) is 0 Å². The number of anilines is 4. The third-order valence-electron chi connectivity index (χ3n) is 6.32. The molecular weight excluding hydrogens is 609 g/mol. The van der Waals surface area contributed by atoms with E-state index in [1.807, 2.05) is 0 Å². The Labute approximate surface area is 263 Å². The van der Waals surface area contributed by atoms with Gasteiger partial charge in [0.1, 0.15) is 5.82 Å². The minimum absolute atomic E-state index is 0.0231. The summed E-state index contributed by atoms with van der Waals surface area (Å²) < 4.78 is 18.3. The monoisotopic (exact) mass is 637 g/mol. The lowest BCUT2D eigenvalue weighted by molar-refractivity contribution is -0.117. The van der Waals surface area contributed by atoms with Gasteiger partial charge in [-0.25, -0.2) is 9.18 Å². The molecule has 3 aromatic carbocycles. The predicted octanol–water partition coefficient (Wildman–Crippen LogP) is 6.55. The van der Waals surface area contributed by atoms with Crippen LogP contribution in [0.3, 0.4) is 0 Å². The van der Waals surface area contributed by atoms with Gasteiger partial charge >= 0.3 is 5.97 Å². The van der Waals surface area contributed by atoms with Crippen LogP contribution in [0.25, 0.3) is 0 Å². The molecule has 0 bridgehead atoms. The number of hydrogen-bond acceptors (Lipinski definition) is 6. The largest absolute Gasteiger partial charge is 0.475 e. The van der Waals surface area contributed by atoms with Crippen molar-refractivity contribution in [3.05, 3.63) is 107 Å². The molecule has 0 unspecified atom stereocenters. The maximum Gasteiger partial charge on any atom is 0.371 e. The van der Waals surface area contributed by atoms with Gasteiger partial charge in [-0.1, -0.05) is 23.7 Å². The molecule has 1 aliphatic heterocycles. The number of carboxylic acids is 1. The summed E-state index contributed by atoms with van der Waals surface area (Å²) in [5, 5.41) is 20.5. The van der Waals surface area contributed by atoms with Crippen molar-refractivity contribution in [3.8, 4) is 0 Å². The van der Waals surface area contributed by atoms with Crippen LogP contribution >= 0.6 is 23.8 Å². The summed E-state index contributed by atoms with van der Waals surface area (Å²) in [4.78, 5) is 36.6. The van der Waals surface area contributed by atoms with E-state index in [1.54, 1.807) is 48.5 Å². The molecule has 5 N–H and O–H groups in total. The van der Waals surface area contributed by atoms with Gasteiger partial charge in [0.05, 0.1) is 29.1 Å². The van der Waals surface area contributed by atoms with Gasteiger partial charge in [-0.15, -0.1) is 0 Å². The molecular formula is C31H29ClFN5O5S. The Kier molecular flexibility index (Phi) is 11.4. The van der Waals surface area contributed by atoms with Gasteiger partial charge in [0.15, 0.2) is 5.11 Å². The lowest BCUT2D eigenvalue weighted by Gasteiger charge is -2.15. The highest BCUT2D eigenvalue weighted by Gasteiger charge is 2.16. The SMILES string of the molecule is O=C(CN1CCCC1)Nc1ccc(NC(=S)Nc2ccc(NC(=O)c3ccccc3F)cc2)cc1Cl.O=C(O)c1ccco1. The molecule has 1 aromatic heterocycles. The number of benzene rings is 3. The summed E-state index contributed by atoms with van der Waals surface area (Å²) >= 11 is 11.7. The summed E-state index contributed by atoms with van der Waals surface area (Å²) in [6, 6.07) is 20.7. The first-order valence-corrected chi connectivity index (χ1v) is 14.3. The molecule has 4 aromatic rings. The predicted molar refractivity (Wildman–Crippen MR) is 172 cm³/mol. The number of carbonyl (C=O) groups excluding carboxylic acids is 2. The van der Waals surface area contributed by atoms with Crippen LogP contribution in [0.15, 0.2) is 89.5 Å². The molecule has 5 rings (SSSR count). The Morgan fingerprint density at radius 1 is 0.864 bits per heavy atom. The smallest absolute Gasteiger partial charge is 0.371 e. The summed E-state index contributed by atoms with van der Waals surface area (Å²) in [5.74, 6) is -2.26. The van der Waals surface area contributed by atoms with E-state index in [1.165, 1.54) is 36.6 Å². The average molecular weight is 638 g/mol. The minimum atomic E-state index is -1.03. The zero-order valence-corrected chi connectivity index (χ0v) is 24.9. The van der Waals surface area contributed by atoms with E-state index in [0.717, 1.165) is 25.9 Å². The second-order valence-electron chi connectivity index (χ2n) is 9.60. The third-order valence-corrected chi connectivity index (χ3v) is 6.83. The quantitative estimate of drug-likeness (QED) is 0.136. The van der Waals surface area contributed by atoms with Crippen molar-refractivity contribution >= 4 is 69.5 Å². The van der Waals surface area contributed by atoms with Crippen molar-refractivity contribution in [2.24, 2.45) is 0 Å². The standard InChI is InChI=1S/C26H25ClFN5O2S.C5H4O3/c27-21-15-19(11-12-23(21)32-24(34)16-33-13-3-4-14-33)31-26(36)30-18-9-7-17(8-10-18)29-25(35)20-5-1-2-6-22(20)28;6-5(7)4-2-1-3-8-4/h1-2,5-12,15H,3-4,13-14,16H2,(H,29,35)(H,32,34)(H2,30,31,36);1-3H,(H,6,7). The molecule has 0 radical (unpaired) electrons. The highest BCUT2D eigenvalue weighted by molar-refractivity contribution is 7.80. The van der Waals surface area contributed by atoms with Gasteiger partial charge < -0.3 is 30.8 Å². The van der Waals surface area contributed by atoms with Crippen molar-refractivity contribution in [2.45, 2.75) is 12.8 Å². The number of rotatable bonds is 8. The summed E-state index contributed by atoms with van der Waals surface area (Å²) in [5.41, 5.74) is 2.37. The second kappa shape index (κ2) is 15.6. The first-order valence-electron chi connectivity index (χ1n) is 13.5. The van der Waals surface area contributed by atoms with Crippen LogP contribution in [0.1, 0.15) is 33.8 Å². The number of nitrogens with zero attached hydrogens (tertiary/aromatic N) is 1. The molecule has 1 fully saturated rings. The molecule has 10 nitrogen and oxygen atoms in total. The number of carbonyl (C=O) groups is 3. The Balaban J connectivity index is 0.000000479. The zero-order chi connectivity index (χ0) is 31.5. The van der Waals surface area contributed by atoms with E-state index in [-0.39, 0.29) is 17.2 Å². The molecule has 2 amide bonds. The maximum atomic E-state index is 13.8. The Hall–Kier alpha value is -4.78. The van der Waals surface area contributed by atoms with Crippen LogP contribution in [0, 0.1) is 5.82 Å². The number of aromatic carboxylic acids is 1. The Morgan fingerprint density at radius 3 is 2.09 bits per heavy atom. The van der Waals surface area contributed by atoms with Crippen LogP contribution in [0.2, 0.25) is 5.02 Å². The molecule has 1 aliphatic rings. The van der Waals surface area contributed by atoms with Crippen LogP contribution in [-0.4, -0.2) is 52.5 Å². The Bertz CT molecular complexity index is 1610. The van der Waals surface area contributed by atoms with E-state index in [4.69, 9.17) is 28.9 Å². The van der Waals surface area contributed by atoms with Gasteiger partial charge in [0.25, 0.3) is 5.91 Å². The molecule has 1 saturated heterocycles. The summed E-state index contributed by atoms with van der Waals surface area (Å²) in [7, 11) is 0. The third kappa shape index (κ3) is 9.63. The van der Waals surface area contributed by atoms with Crippen molar-refractivity contribution in [2.75, 3.05) is 40.9 Å². The van der Waals surface area contributed by atoms with Crippen LogP contribution < -0.4 is 21.3 Å². The van der Waals surface area contributed by atoms with Gasteiger partial charge in [0.2, 0.25) is 11.7 Å². The number of likely N-dealkylation sites (tertiary alicyclic amines) is 1. The molecule has 0 saturated carbocycles. The molecule has 0 atom stereocenters. The topological polar surface area (TPSA) is 136 Å². The zero-order valence-electron chi connectivity index (χ0n) is 23.3. The first-order chi connectivity index (χ1) is 21.2. The Morgan fingerprint density at radius 2 is 1.50 bits per heavy atom. The van der Waals surface area contributed by atoms with Gasteiger partial charge in [-0.05, 0) is 105 Å². The highest BCUT2D eigenvalue weighted by Crippen LogP contribution is 2.26. The first kappa shape index (κ1) is 32.1. The number of hydrogen-bond donors (Lipinski definition) is 5. The van der Waals surface area contributed by atoms with E-state index in [9.17, 15) is 18.8 Å². The number of nitrogens with one attached hydrogen (secondary N) is 4. The number of thiocarbonyl (C=S) groups is 1. The maximum absolute atomic E-state index is 13.8. The van der Waals surface area contributed by atoms with Gasteiger partial charge in [0, 0.05) is 17.1 Å². The van der Waals surface area contributed by atoms with Crippen LogP contribution in [0.5, 0.6) is 0 Å². The highest BCUT2D eigenvalue weighted by atomic mass is 35.5. The molecule has 13 heteroatoms. The molecule has 2 heterocycles. The van der Waals surface area contributed by atoms with E-state index >= 15 is 0 Å². The van der Waals surface area contributed by atoms with Gasteiger partial charge in [-0.2, -0.15) is 0 Å². The molecule has 0 spiro atoms. The van der Waals surface area contributed by atoms with E-state index in [2.05, 4.69) is 30.6 Å². The van der Waals surface area contributed by atoms with E-state index in [0.29, 0.717) is 39.4 Å².